The van der Waals surface area contributed by atoms with Gasteiger partial charge in [0.15, 0.2) is 5.76 Å². The summed E-state index contributed by atoms with van der Waals surface area (Å²) in [4.78, 5) is 24.5. The summed E-state index contributed by atoms with van der Waals surface area (Å²) in [6.45, 7) is 1.98. The van der Waals surface area contributed by atoms with Crippen LogP contribution < -0.4 is 15.4 Å². The zero-order valence-electron chi connectivity index (χ0n) is 16.4. The molecule has 0 unspecified atom stereocenters. The van der Waals surface area contributed by atoms with E-state index in [0.29, 0.717) is 22.9 Å². The van der Waals surface area contributed by atoms with E-state index < -0.39 is 5.91 Å². The SMILES string of the molecule is Cc1ccc(NC(=O)C2CC2)cc1NC(=O)c1ccc(COc2ccc(F)cc2)o1. The van der Waals surface area contributed by atoms with Gasteiger partial charge in [0.25, 0.3) is 5.91 Å². The highest BCUT2D eigenvalue weighted by Crippen LogP contribution is 2.31. The maximum atomic E-state index is 12.9. The van der Waals surface area contributed by atoms with Crippen molar-refractivity contribution in [1.29, 1.82) is 0 Å². The second kappa shape index (κ2) is 8.41. The maximum Gasteiger partial charge on any atom is 0.291 e. The van der Waals surface area contributed by atoms with E-state index in [0.717, 1.165) is 18.4 Å². The third-order valence-corrected chi connectivity index (χ3v) is 4.78. The third-order valence-electron chi connectivity index (χ3n) is 4.78. The standard InChI is InChI=1S/C23H21FN2O4/c1-14-2-7-17(25-22(27)15-3-4-15)12-20(14)26-23(28)21-11-10-19(30-21)13-29-18-8-5-16(24)6-9-18/h2,5-12,15H,3-4,13H2,1H3,(H,25,27)(H,26,28). The van der Waals surface area contributed by atoms with Gasteiger partial charge in [-0.15, -0.1) is 0 Å². The molecule has 30 heavy (non-hydrogen) atoms. The molecule has 4 rings (SSSR count). The van der Waals surface area contributed by atoms with Crippen molar-refractivity contribution in [3.8, 4) is 5.75 Å². The Balaban J connectivity index is 1.37. The molecule has 1 saturated carbocycles. The molecule has 1 aromatic heterocycles. The van der Waals surface area contributed by atoms with Crippen LogP contribution in [0.5, 0.6) is 5.75 Å². The number of hydrogen-bond donors (Lipinski definition) is 2. The number of amides is 2. The molecule has 6 nitrogen and oxygen atoms in total. The molecule has 1 aliphatic carbocycles. The lowest BCUT2D eigenvalue weighted by atomic mass is 10.1. The van der Waals surface area contributed by atoms with E-state index >= 15 is 0 Å². The van der Waals surface area contributed by atoms with Crippen LogP contribution in [-0.4, -0.2) is 11.8 Å². The normalized spacial score (nSPS) is 13.0. The second-order valence-electron chi connectivity index (χ2n) is 7.26. The van der Waals surface area contributed by atoms with Gasteiger partial charge >= 0.3 is 0 Å². The number of anilines is 2. The minimum Gasteiger partial charge on any atom is -0.486 e. The number of furan rings is 1. The van der Waals surface area contributed by atoms with E-state index in [4.69, 9.17) is 9.15 Å². The van der Waals surface area contributed by atoms with Gasteiger partial charge in [0.05, 0.1) is 0 Å². The molecule has 2 amide bonds. The Bertz CT molecular complexity index is 1070. The van der Waals surface area contributed by atoms with Crippen molar-refractivity contribution in [1.82, 2.24) is 0 Å². The van der Waals surface area contributed by atoms with Crippen molar-refractivity contribution in [3.63, 3.8) is 0 Å². The van der Waals surface area contributed by atoms with E-state index in [-0.39, 0.29) is 30.0 Å². The summed E-state index contributed by atoms with van der Waals surface area (Å²) < 4.78 is 24.0. The lowest BCUT2D eigenvalue weighted by Gasteiger charge is -2.11. The molecule has 1 aliphatic rings. The van der Waals surface area contributed by atoms with Crippen molar-refractivity contribution in [2.45, 2.75) is 26.4 Å². The van der Waals surface area contributed by atoms with E-state index in [1.54, 1.807) is 18.2 Å². The number of hydrogen-bond acceptors (Lipinski definition) is 4. The van der Waals surface area contributed by atoms with Gasteiger partial charge < -0.3 is 19.8 Å². The second-order valence-corrected chi connectivity index (χ2v) is 7.26. The number of ether oxygens (including phenoxy) is 1. The van der Waals surface area contributed by atoms with Crippen molar-refractivity contribution < 1.29 is 23.1 Å². The predicted octanol–water partition coefficient (Wildman–Crippen LogP) is 4.91. The van der Waals surface area contributed by atoms with Crippen molar-refractivity contribution in [3.05, 3.63) is 77.5 Å². The predicted molar refractivity (Wildman–Crippen MR) is 110 cm³/mol. The first-order chi connectivity index (χ1) is 14.5. The number of halogens is 1. The number of benzene rings is 2. The Kier molecular flexibility index (Phi) is 5.52. The summed E-state index contributed by atoms with van der Waals surface area (Å²) >= 11 is 0. The number of carbonyl (C=O) groups excluding carboxylic acids is 2. The molecule has 1 heterocycles. The Hall–Kier alpha value is -3.61. The van der Waals surface area contributed by atoms with Gasteiger partial charge in [-0.3, -0.25) is 9.59 Å². The first kappa shape index (κ1) is 19.7. The van der Waals surface area contributed by atoms with E-state index in [1.165, 1.54) is 24.3 Å². The van der Waals surface area contributed by atoms with Crippen molar-refractivity contribution >= 4 is 23.2 Å². The summed E-state index contributed by atoms with van der Waals surface area (Å²) in [7, 11) is 0. The average molecular weight is 408 g/mol. The lowest BCUT2D eigenvalue weighted by Crippen LogP contribution is -2.15. The number of carbonyl (C=O) groups is 2. The zero-order valence-corrected chi connectivity index (χ0v) is 16.4. The molecule has 0 aliphatic heterocycles. The fourth-order valence-electron chi connectivity index (χ4n) is 2.87. The summed E-state index contributed by atoms with van der Waals surface area (Å²) in [6, 6.07) is 14.2. The Labute approximate surface area is 173 Å². The average Bonchev–Trinajstić information content (AvgIpc) is 3.48. The van der Waals surface area contributed by atoms with Crippen LogP contribution in [0.15, 0.2) is 59.0 Å². The fourth-order valence-corrected chi connectivity index (χ4v) is 2.87. The van der Waals surface area contributed by atoms with E-state index in [2.05, 4.69) is 10.6 Å². The van der Waals surface area contributed by atoms with Gasteiger partial charge in [-0.05, 0) is 73.9 Å². The molecule has 1 fully saturated rings. The number of aryl methyl sites for hydroxylation is 1. The van der Waals surface area contributed by atoms with E-state index in [9.17, 15) is 14.0 Å². The molecule has 0 bridgehead atoms. The van der Waals surface area contributed by atoms with Crippen LogP contribution in [0.3, 0.4) is 0 Å². The monoisotopic (exact) mass is 408 g/mol. The molecule has 2 N–H and O–H groups in total. The molecule has 7 heteroatoms. The van der Waals surface area contributed by atoms with Gasteiger partial charge in [0.2, 0.25) is 5.91 Å². The van der Waals surface area contributed by atoms with Crippen LogP contribution >= 0.6 is 0 Å². The zero-order chi connectivity index (χ0) is 21.1. The highest BCUT2D eigenvalue weighted by atomic mass is 19.1. The highest BCUT2D eigenvalue weighted by molar-refractivity contribution is 6.03. The summed E-state index contributed by atoms with van der Waals surface area (Å²) in [5, 5.41) is 5.68. The molecule has 2 aromatic carbocycles. The molecule has 0 radical (unpaired) electrons. The first-order valence-electron chi connectivity index (χ1n) is 9.68. The smallest absolute Gasteiger partial charge is 0.291 e. The van der Waals surface area contributed by atoms with Gasteiger partial charge in [-0.25, -0.2) is 4.39 Å². The molecule has 154 valence electrons. The van der Waals surface area contributed by atoms with Crippen LogP contribution in [0.1, 0.15) is 34.7 Å². The van der Waals surface area contributed by atoms with Crippen LogP contribution in [0.2, 0.25) is 0 Å². The highest BCUT2D eigenvalue weighted by Gasteiger charge is 2.29. The Morgan fingerprint density at radius 2 is 1.83 bits per heavy atom. The van der Waals surface area contributed by atoms with E-state index in [1.807, 2.05) is 19.1 Å². The van der Waals surface area contributed by atoms with Gasteiger partial charge in [0.1, 0.15) is 23.9 Å². The van der Waals surface area contributed by atoms with Gasteiger partial charge in [-0.1, -0.05) is 6.07 Å². The van der Waals surface area contributed by atoms with Crippen LogP contribution in [0.4, 0.5) is 15.8 Å². The fraction of sp³-hybridized carbons (Fsp3) is 0.217. The summed E-state index contributed by atoms with van der Waals surface area (Å²) in [6.07, 6.45) is 1.85. The molecule has 0 saturated heterocycles. The van der Waals surface area contributed by atoms with Crippen molar-refractivity contribution in [2.75, 3.05) is 10.6 Å². The minimum absolute atomic E-state index is 0.00737. The number of rotatable bonds is 7. The molecule has 3 aromatic rings. The summed E-state index contributed by atoms with van der Waals surface area (Å²) in [5.41, 5.74) is 2.09. The Morgan fingerprint density at radius 1 is 1.07 bits per heavy atom. The van der Waals surface area contributed by atoms with Crippen LogP contribution in [0.25, 0.3) is 0 Å². The molecule has 0 atom stereocenters. The molecular weight excluding hydrogens is 387 g/mol. The molecular formula is C23H21FN2O4. The topological polar surface area (TPSA) is 80.6 Å². The molecule has 0 spiro atoms. The third kappa shape index (κ3) is 4.86. The maximum absolute atomic E-state index is 12.9. The van der Waals surface area contributed by atoms with Gasteiger partial charge in [-0.2, -0.15) is 0 Å². The van der Waals surface area contributed by atoms with Crippen molar-refractivity contribution in [2.24, 2.45) is 5.92 Å². The number of nitrogens with one attached hydrogen (secondary N) is 2. The minimum atomic E-state index is -0.406. The lowest BCUT2D eigenvalue weighted by molar-refractivity contribution is -0.117. The quantitative estimate of drug-likeness (QED) is 0.582. The van der Waals surface area contributed by atoms with Gasteiger partial charge in [0, 0.05) is 17.3 Å². The summed E-state index contributed by atoms with van der Waals surface area (Å²) in [5.74, 6) is 0.462. The first-order valence-corrected chi connectivity index (χ1v) is 9.68. The Morgan fingerprint density at radius 3 is 2.57 bits per heavy atom. The largest absolute Gasteiger partial charge is 0.486 e. The van der Waals surface area contributed by atoms with Crippen LogP contribution in [0, 0.1) is 18.7 Å². The van der Waals surface area contributed by atoms with Crippen LogP contribution in [-0.2, 0) is 11.4 Å².